The highest BCUT2D eigenvalue weighted by molar-refractivity contribution is 7.89. The molecule has 0 amide bonds. The van der Waals surface area contributed by atoms with Crippen molar-refractivity contribution in [2.75, 3.05) is 13.1 Å². The number of carbonyl (C=O) groups is 1. The molecule has 8 heteroatoms. The van der Waals surface area contributed by atoms with Crippen LogP contribution in [-0.4, -0.2) is 44.3 Å². The number of esters is 1. The molecule has 0 radical (unpaired) electrons. The van der Waals surface area contributed by atoms with E-state index in [0.29, 0.717) is 31.8 Å². The molecular weight excluding hydrogens is 486 g/mol. The molecule has 186 valence electrons. The van der Waals surface area contributed by atoms with Crippen LogP contribution < -0.4 is 4.72 Å². The molecule has 2 heterocycles. The summed E-state index contributed by atoms with van der Waals surface area (Å²) in [5.74, 6) is -0.187. The van der Waals surface area contributed by atoms with Crippen LogP contribution in [-0.2, 0) is 19.6 Å². The number of carbonyl (C=O) groups excluding carboxylic acids is 1. The Bertz CT molecular complexity index is 1680. The number of benzene rings is 4. The zero-order valence-corrected chi connectivity index (χ0v) is 20.8. The summed E-state index contributed by atoms with van der Waals surface area (Å²) in [6.07, 6.45) is 2.95. The fraction of sp³-hybridized carbons (Fsp3) is 0.172. The van der Waals surface area contributed by atoms with Gasteiger partial charge in [-0.05, 0) is 52.6 Å². The van der Waals surface area contributed by atoms with E-state index in [0.717, 1.165) is 27.1 Å². The molecule has 4 aromatic carbocycles. The highest BCUT2D eigenvalue weighted by Gasteiger charge is 2.28. The van der Waals surface area contributed by atoms with E-state index < -0.39 is 16.0 Å². The van der Waals surface area contributed by atoms with E-state index >= 15 is 0 Å². The molecule has 0 bridgehead atoms. The number of hydrogen-bond donors (Lipinski definition) is 1. The van der Waals surface area contributed by atoms with Crippen molar-refractivity contribution in [2.45, 2.75) is 23.8 Å². The summed E-state index contributed by atoms with van der Waals surface area (Å²) in [6.45, 7) is 1.20. The van der Waals surface area contributed by atoms with Crippen molar-refractivity contribution in [1.82, 2.24) is 9.62 Å². The molecule has 2 aliphatic heterocycles. The molecule has 0 aromatic heterocycles. The average molecular weight is 512 g/mol. The molecule has 4 aromatic rings. The third-order valence-corrected chi connectivity index (χ3v) is 8.35. The van der Waals surface area contributed by atoms with Gasteiger partial charge in [0.25, 0.3) is 0 Å². The summed E-state index contributed by atoms with van der Waals surface area (Å²) in [7, 11) is -3.64. The molecule has 0 aliphatic carbocycles. The maximum absolute atomic E-state index is 13.0. The van der Waals surface area contributed by atoms with Crippen LogP contribution >= 0.6 is 0 Å². The number of cyclic esters (lactones) is 1. The van der Waals surface area contributed by atoms with Gasteiger partial charge in [-0.15, -0.1) is 0 Å². The number of nitrogens with one attached hydrogen (secondary N) is 1. The standard InChI is InChI=1S/C29H25N3O4S/c33-29-27(30-28(36-29)26-11-5-9-21-7-3-4-10-25(21)26)19-32-16-14-23(15-17-32)31-37(34,35)24-13-12-20-6-1-2-8-22(20)18-24/h1-13,18-19,23,31H,14-17H2. The lowest BCUT2D eigenvalue weighted by Gasteiger charge is -2.31. The van der Waals surface area contributed by atoms with Crippen molar-refractivity contribution in [3.8, 4) is 0 Å². The van der Waals surface area contributed by atoms with Crippen molar-refractivity contribution in [2.24, 2.45) is 4.99 Å². The van der Waals surface area contributed by atoms with Gasteiger partial charge in [-0.1, -0.05) is 66.7 Å². The molecule has 1 N–H and O–H groups in total. The molecule has 7 nitrogen and oxygen atoms in total. The smallest absolute Gasteiger partial charge is 0.365 e. The lowest BCUT2D eigenvalue weighted by Crippen LogP contribution is -2.43. The third-order valence-electron chi connectivity index (χ3n) is 6.83. The fourth-order valence-corrected chi connectivity index (χ4v) is 6.21. The number of likely N-dealkylation sites (tertiary alicyclic amines) is 1. The zero-order valence-electron chi connectivity index (χ0n) is 20.0. The molecule has 1 fully saturated rings. The first-order valence-corrected chi connectivity index (χ1v) is 13.7. The average Bonchev–Trinajstić information content (AvgIpc) is 3.28. The Morgan fingerprint density at radius 1 is 0.865 bits per heavy atom. The van der Waals surface area contributed by atoms with Crippen molar-refractivity contribution >= 4 is 43.4 Å². The van der Waals surface area contributed by atoms with Crippen LogP contribution in [0.15, 0.2) is 107 Å². The number of ether oxygens (including phenoxy) is 1. The Morgan fingerprint density at radius 3 is 2.38 bits per heavy atom. The van der Waals surface area contributed by atoms with Gasteiger partial charge in [0, 0.05) is 30.9 Å². The van der Waals surface area contributed by atoms with Crippen molar-refractivity contribution < 1.29 is 17.9 Å². The maximum atomic E-state index is 13.0. The monoisotopic (exact) mass is 511 g/mol. The van der Waals surface area contributed by atoms with Gasteiger partial charge in [0.05, 0.1) is 4.90 Å². The normalized spacial score (nSPS) is 17.9. The molecule has 2 aliphatic rings. The quantitative estimate of drug-likeness (QED) is 0.313. The van der Waals surface area contributed by atoms with Gasteiger partial charge in [0.15, 0.2) is 5.70 Å². The highest BCUT2D eigenvalue weighted by Crippen LogP contribution is 2.25. The first-order chi connectivity index (χ1) is 18.0. The first-order valence-electron chi connectivity index (χ1n) is 12.2. The van der Waals surface area contributed by atoms with E-state index in [-0.39, 0.29) is 16.6 Å². The van der Waals surface area contributed by atoms with Crippen molar-refractivity contribution in [1.29, 1.82) is 0 Å². The Morgan fingerprint density at radius 2 is 1.57 bits per heavy atom. The number of nitrogens with zero attached hydrogens (tertiary/aromatic N) is 2. The lowest BCUT2D eigenvalue weighted by atomic mass is 10.0. The van der Waals surface area contributed by atoms with E-state index in [1.54, 1.807) is 18.3 Å². The predicted octanol–water partition coefficient (Wildman–Crippen LogP) is 4.58. The lowest BCUT2D eigenvalue weighted by molar-refractivity contribution is -0.130. The van der Waals surface area contributed by atoms with Gasteiger partial charge in [-0.25, -0.2) is 22.9 Å². The summed E-state index contributed by atoms with van der Waals surface area (Å²) in [5.41, 5.74) is 1.02. The van der Waals surface area contributed by atoms with E-state index in [2.05, 4.69) is 9.71 Å². The molecule has 6 rings (SSSR count). The predicted molar refractivity (Wildman–Crippen MR) is 144 cm³/mol. The minimum Gasteiger partial charge on any atom is -0.402 e. The SMILES string of the molecule is O=C1OC(c2cccc3ccccc23)=NC1=CN1CCC(NS(=O)(=O)c2ccc3ccccc3c2)CC1. The van der Waals surface area contributed by atoms with Crippen molar-refractivity contribution in [3.63, 3.8) is 0 Å². The Labute approximate surface area is 215 Å². The topological polar surface area (TPSA) is 88.1 Å². The number of hydrogen-bond acceptors (Lipinski definition) is 6. The van der Waals surface area contributed by atoms with E-state index in [1.807, 2.05) is 77.7 Å². The molecule has 0 unspecified atom stereocenters. The highest BCUT2D eigenvalue weighted by atomic mass is 32.2. The van der Waals surface area contributed by atoms with E-state index in [1.165, 1.54) is 0 Å². The van der Waals surface area contributed by atoms with Crippen LogP contribution in [0.2, 0.25) is 0 Å². The van der Waals surface area contributed by atoms with Gasteiger partial charge >= 0.3 is 5.97 Å². The van der Waals surface area contributed by atoms with Gasteiger partial charge in [-0.2, -0.15) is 0 Å². The number of sulfonamides is 1. The maximum Gasteiger partial charge on any atom is 0.365 e. The van der Waals surface area contributed by atoms with Gasteiger partial charge in [-0.3, -0.25) is 0 Å². The number of fused-ring (bicyclic) bond motifs is 2. The molecule has 37 heavy (non-hydrogen) atoms. The van der Waals surface area contributed by atoms with Crippen molar-refractivity contribution in [3.05, 3.63) is 102 Å². The number of rotatable bonds is 5. The van der Waals surface area contributed by atoms with Crippen LogP contribution in [0.1, 0.15) is 18.4 Å². The molecular formula is C29H25N3O4S. The minimum atomic E-state index is -3.64. The first kappa shape index (κ1) is 23.4. The summed E-state index contributed by atoms with van der Waals surface area (Å²) < 4.78 is 34.3. The van der Waals surface area contributed by atoms with Gasteiger partial charge < -0.3 is 9.64 Å². The Kier molecular flexibility index (Phi) is 5.98. The summed E-state index contributed by atoms with van der Waals surface area (Å²) >= 11 is 0. The largest absolute Gasteiger partial charge is 0.402 e. The van der Waals surface area contributed by atoms with Crippen LogP contribution in [0.3, 0.4) is 0 Å². The van der Waals surface area contributed by atoms with Crippen LogP contribution in [0, 0.1) is 0 Å². The van der Waals surface area contributed by atoms with Gasteiger partial charge in [0.2, 0.25) is 15.9 Å². The second-order valence-electron chi connectivity index (χ2n) is 9.29. The molecule has 1 saturated heterocycles. The van der Waals surface area contributed by atoms with Crippen LogP contribution in [0.5, 0.6) is 0 Å². The Balaban J connectivity index is 1.13. The van der Waals surface area contributed by atoms with Gasteiger partial charge in [0.1, 0.15) is 0 Å². The van der Waals surface area contributed by atoms with Crippen LogP contribution in [0.25, 0.3) is 21.5 Å². The second-order valence-corrected chi connectivity index (χ2v) is 11.0. The molecule has 0 spiro atoms. The molecule has 0 atom stereocenters. The number of aliphatic imine (C=N–C) groups is 1. The third kappa shape index (κ3) is 4.73. The fourth-order valence-electron chi connectivity index (χ4n) is 4.87. The summed E-state index contributed by atoms with van der Waals surface area (Å²) in [6, 6.07) is 26.4. The minimum absolute atomic E-state index is 0.184. The summed E-state index contributed by atoms with van der Waals surface area (Å²) in [4.78, 5) is 19.3. The van der Waals surface area contributed by atoms with E-state index in [4.69, 9.17) is 4.74 Å². The second kappa shape index (κ2) is 9.46. The van der Waals surface area contributed by atoms with E-state index in [9.17, 15) is 13.2 Å². The van der Waals surface area contributed by atoms with Crippen LogP contribution in [0.4, 0.5) is 0 Å². The molecule has 0 saturated carbocycles. The zero-order chi connectivity index (χ0) is 25.4. The number of piperidine rings is 1. The summed E-state index contributed by atoms with van der Waals surface area (Å²) in [5, 5.41) is 3.90. The Hall–Kier alpha value is -4.01.